The third kappa shape index (κ3) is 2.32. The van der Waals surface area contributed by atoms with Crippen molar-refractivity contribution in [3.05, 3.63) is 51.6 Å². The number of nitrogen functional groups attached to an aromatic ring is 1. The maximum Gasteiger partial charge on any atom is 0.140 e. The molecular formula is C15H16BrN3. The molecule has 0 saturated carbocycles. The molecule has 4 heteroatoms. The lowest BCUT2D eigenvalue weighted by Gasteiger charge is -2.15. The summed E-state index contributed by atoms with van der Waals surface area (Å²) in [4.78, 5) is 4.38. The van der Waals surface area contributed by atoms with E-state index in [4.69, 9.17) is 5.73 Å². The molecule has 1 aliphatic rings. The van der Waals surface area contributed by atoms with E-state index in [9.17, 15) is 0 Å². The number of nitrogens with zero attached hydrogens (tertiary/aromatic N) is 1. The zero-order chi connectivity index (χ0) is 13.4. The molecule has 3 nitrogen and oxygen atoms in total. The lowest BCUT2D eigenvalue weighted by Crippen LogP contribution is -2.20. The number of hydrogen-bond donors (Lipinski definition) is 2. The Labute approximate surface area is 121 Å². The molecule has 1 heterocycles. The predicted octanol–water partition coefficient (Wildman–Crippen LogP) is 3.31. The van der Waals surface area contributed by atoms with Crippen molar-refractivity contribution in [2.45, 2.75) is 25.8 Å². The fourth-order valence-corrected chi connectivity index (χ4v) is 2.99. The highest BCUT2D eigenvalue weighted by atomic mass is 79.9. The van der Waals surface area contributed by atoms with Crippen LogP contribution < -0.4 is 11.1 Å². The zero-order valence-electron chi connectivity index (χ0n) is 10.8. The lowest BCUT2D eigenvalue weighted by atomic mass is 10.1. The highest BCUT2D eigenvalue weighted by Crippen LogP contribution is 2.30. The molecule has 0 amide bonds. The molecule has 0 aliphatic heterocycles. The summed E-state index contributed by atoms with van der Waals surface area (Å²) in [6.45, 7) is 2.00. The van der Waals surface area contributed by atoms with Crippen LogP contribution >= 0.6 is 15.9 Å². The van der Waals surface area contributed by atoms with Crippen LogP contribution in [-0.4, -0.2) is 11.0 Å². The normalized spacial score (nSPS) is 14.4. The van der Waals surface area contributed by atoms with E-state index >= 15 is 0 Å². The van der Waals surface area contributed by atoms with Gasteiger partial charge < -0.3 is 11.1 Å². The van der Waals surface area contributed by atoms with Crippen LogP contribution in [0.25, 0.3) is 0 Å². The molecule has 3 N–H and O–H groups in total. The van der Waals surface area contributed by atoms with Crippen LogP contribution in [0.3, 0.4) is 0 Å². The van der Waals surface area contributed by atoms with Crippen LogP contribution in [-0.2, 0) is 12.8 Å². The Bertz CT molecular complexity index is 600. The quantitative estimate of drug-likeness (QED) is 0.893. The molecule has 3 rings (SSSR count). The van der Waals surface area contributed by atoms with Crippen LogP contribution in [0, 0.1) is 6.92 Å². The van der Waals surface area contributed by atoms with Crippen molar-refractivity contribution in [1.82, 2.24) is 4.98 Å². The summed E-state index contributed by atoms with van der Waals surface area (Å²) in [5.74, 6) is 0.879. The third-order valence-corrected chi connectivity index (χ3v) is 4.67. The van der Waals surface area contributed by atoms with Crippen LogP contribution in [0.2, 0.25) is 0 Å². The van der Waals surface area contributed by atoms with Crippen molar-refractivity contribution in [2.24, 2.45) is 0 Å². The maximum atomic E-state index is 5.85. The average Bonchev–Trinajstić information content (AvgIpc) is 2.82. The van der Waals surface area contributed by atoms with Gasteiger partial charge >= 0.3 is 0 Å². The minimum Gasteiger partial charge on any atom is -0.397 e. The number of rotatable bonds is 2. The first-order valence-corrected chi connectivity index (χ1v) is 7.18. The van der Waals surface area contributed by atoms with Gasteiger partial charge in [0.15, 0.2) is 0 Å². The number of nitrogens with two attached hydrogens (primary N) is 1. The summed E-state index contributed by atoms with van der Waals surface area (Å²) in [6, 6.07) is 9.01. The number of halogens is 1. The molecule has 19 heavy (non-hydrogen) atoms. The van der Waals surface area contributed by atoms with Gasteiger partial charge in [0.2, 0.25) is 0 Å². The monoisotopic (exact) mass is 317 g/mol. The standard InChI is InChI=1S/C15H16BrN3/c1-9-13(17)8-18-15(14(9)16)19-12-6-10-4-2-3-5-11(10)7-12/h2-5,8,12H,6-7,17H2,1H3,(H,18,19). The van der Waals surface area contributed by atoms with Gasteiger partial charge in [-0.05, 0) is 52.4 Å². The largest absolute Gasteiger partial charge is 0.397 e. The molecule has 0 radical (unpaired) electrons. The molecule has 1 aliphatic carbocycles. The Kier molecular flexibility index (Phi) is 3.19. The number of nitrogens with one attached hydrogen (secondary N) is 1. The van der Waals surface area contributed by atoms with Crippen molar-refractivity contribution >= 4 is 27.4 Å². The van der Waals surface area contributed by atoms with Gasteiger partial charge in [0.1, 0.15) is 5.82 Å². The first-order chi connectivity index (χ1) is 9.15. The van der Waals surface area contributed by atoms with Crippen molar-refractivity contribution in [2.75, 3.05) is 11.1 Å². The third-order valence-electron chi connectivity index (χ3n) is 3.69. The van der Waals surface area contributed by atoms with Crippen LogP contribution in [0.5, 0.6) is 0 Å². The molecule has 0 fully saturated rings. The van der Waals surface area contributed by atoms with Crippen molar-refractivity contribution in [3.63, 3.8) is 0 Å². The Morgan fingerprint density at radius 1 is 1.26 bits per heavy atom. The number of anilines is 2. The Hall–Kier alpha value is -1.55. The summed E-state index contributed by atoms with van der Waals surface area (Å²) in [6.07, 6.45) is 3.81. The number of benzene rings is 1. The van der Waals surface area contributed by atoms with Crippen molar-refractivity contribution in [1.29, 1.82) is 0 Å². The second-order valence-electron chi connectivity index (χ2n) is 5.02. The van der Waals surface area contributed by atoms with Gasteiger partial charge in [-0.25, -0.2) is 4.98 Å². The predicted molar refractivity (Wildman–Crippen MR) is 82.3 cm³/mol. The molecular weight excluding hydrogens is 302 g/mol. The van der Waals surface area contributed by atoms with E-state index in [1.807, 2.05) is 6.92 Å². The summed E-state index contributed by atoms with van der Waals surface area (Å²) in [5.41, 5.74) is 10.5. The van der Waals surface area contributed by atoms with Crippen LogP contribution in [0.4, 0.5) is 11.5 Å². The smallest absolute Gasteiger partial charge is 0.140 e. The van der Waals surface area contributed by atoms with E-state index in [1.54, 1.807) is 6.20 Å². The lowest BCUT2D eigenvalue weighted by molar-refractivity contribution is 0.768. The molecule has 0 saturated heterocycles. The van der Waals surface area contributed by atoms with Gasteiger partial charge in [-0.2, -0.15) is 0 Å². The molecule has 1 aromatic carbocycles. The molecule has 0 atom stereocenters. The fraction of sp³-hybridized carbons (Fsp3) is 0.267. The van der Waals surface area contributed by atoms with Crippen LogP contribution in [0.1, 0.15) is 16.7 Å². The Morgan fingerprint density at radius 3 is 2.53 bits per heavy atom. The number of pyridine rings is 1. The summed E-state index contributed by atoms with van der Waals surface area (Å²) in [7, 11) is 0. The average molecular weight is 318 g/mol. The molecule has 1 aromatic heterocycles. The topological polar surface area (TPSA) is 50.9 Å². The molecule has 0 bridgehead atoms. The van der Waals surface area contributed by atoms with E-state index in [-0.39, 0.29) is 0 Å². The molecule has 98 valence electrons. The van der Waals surface area contributed by atoms with E-state index in [0.717, 1.165) is 28.7 Å². The fourth-order valence-electron chi connectivity index (χ4n) is 2.55. The minimum atomic E-state index is 0.407. The number of aromatic nitrogens is 1. The Balaban J connectivity index is 1.80. The summed E-state index contributed by atoms with van der Waals surface area (Å²) >= 11 is 3.57. The first-order valence-electron chi connectivity index (χ1n) is 6.39. The van der Waals surface area contributed by atoms with E-state index in [0.29, 0.717) is 11.7 Å². The number of hydrogen-bond acceptors (Lipinski definition) is 3. The van der Waals surface area contributed by atoms with E-state index < -0.39 is 0 Å². The van der Waals surface area contributed by atoms with Crippen molar-refractivity contribution in [3.8, 4) is 0 Å². The van der Waals surface area contributed by atoms with Crippen molar-refractivity contribution < 1.29 is 0 Å². The minimum absolute atomic E-state index is 0.407. The molecule has 2 aromatic rings. The first kappa shape index (κ1) is 12.5. The van der Waals surface area contributed by atoms with Gasteiger partial charge in [-0.1, -0.05) is 24.3 Å². The second kappa shape index (κ2) is 4.85. The molecule has 0 spiro atoms. The van der Waals surface area contributed by atoms with E-state index in [2.05, 4.69) is 50.5 Å². The zero-order valence-corrected chi connectivity index (χ0v) is 12.4. The SMILES string of the molecule is Cc1c(N)cnc(NC2Cc3ccccc3C2)c1Br. The van der Waals surface area contributed by atoms with Crippen LogP contribution in [0.15, 0.2) is 34.9 Å². The Morgan fingerprint density at radius 2 is 1.89 bits per heavy atom. The second-order valence-corrected chi connectivity index (χ2v) is 5.81. The number of fused-ring (bicyclic) bond motifs is 1. The van der Waals surface area contributed by atoms with Gasteiger partial charge in [0, 0.05) is 6.04 Å². The highest BCUT2D eigenvalue weighted by molar-refractivity contribution is 9.10. The van der Waals surface area contributed by atoms with Gasteiger partial charge in [0.05, 0.1) is 16.4 Å². The summed E-state index contributed by atoms with van der Waals surface area (Å²) < 4.78 is 0.962. The molecule has 0 unspecified atom stereocenters. The van der Waals surface area contributed by atoms with Gasteiger partial charge in [-0.3, -0.25) is 0 Å². The van der Waals surface area contributed by atoms with Gasteiger partial charge in [0.25, 0.3) is 0 Å². The summed E-state index contributed by atoms with van der Waals surface area (Å²) in [5, 5.41) is 3.51. The highest BCUT2D eigenvalue weighted by Gasteiger charge is 2.22. The maximum absolute atomic E-state index is 5.85. The van der Waals surface area contributed by atoms with E-state index in [1.165, 1.54) is 11.1 Å². The van der Waals surface area contributed by atoms with Gasteiger partial charge in [-0.15, -0.1) is 0 Å².